The van der Waals surface area contributed by atoms with Crippen molar-refractivity contribution in [2.45, 2.75) is 4.90 Å². The van der Waals surface area contributed by atoms with Crippen molar-refractivity contribution in [3.8, 4) is 0 Å². The van der Waals surface area contributed by atoms with Gasteiger partial charge in [-0.25, -0.2) is 13.2 Å². The summed E-state index contributed by atoms with van der Waals surface area (Å²) in [5.41, 5.74) is 0.0000494. The van der Waals surface area contributed by atoms with Gasteiger partial charge in [0.2, 0.25) is 0 Å². The summed E-state index contributed by atoms with van der Waals surface area (Å²) in [5.74, 6) is -1.21. The second kappa shape index (κ2) is 5.48. The van der Waals surface area contributed by atoms with Crippen molar-refractivity contribution in [3.05, 3.63) is 53.3 Å². The number of benzene rings is 1. The lowest BCUT2D eigenvalue weighted by atomic mass is 10.2. The normalized spacial score (nSPS) is 11.1. The van der Waals surface area contributed by atoms with Crippen molar-refractivity contribution in [1.82, 2.24) is 4.98 Å². The number of nitrogens with zero attached hydrogens (tertiary/aromatic N) is 1. The van der Waals surface area contributed by atoms with E-state index in [1.165, 1.54) is 36.7 Å². The third-order valence-corrected chi connectivity index (χ3v) is 4.10. The van der Waals surface area contributed by atoms with E-state index in [1.54, 1.807) is 0 Å². The van der Waals surface area contributed by atoms with Crippen molar-refractivity contribution in [1.29, 1.82) is 0 Å². The minimum Gasteiger partial charge on any atom is -0.478 e. The first-order valence-electron chi connectivity index (χ1n) is 5.36. The predicted molar refractivity (Wildman–Crippen MR) is 73.5 cm³/mol. The van der Waals surface area contributed by atoms with Crippen LogP contribution in [0.1, 0.15) is 10.4 Å². The summed E-state index contributed by atoms with van der Waals surface area (Å²) >= 11 is 5.84. The van der Waals surface area contributed by atoms with Crippen LogP contribution in [0.25, 0.3) is 0 Å². The number of hydrogen-bond acceptors (Lipinski definition) is 4. The molecule has 0 aliphatic carbocycles. The average molecular weight is 313 g/mol. The lowest BCUT2D eigenvalue weighted by molar-refractivity contribution is 0.0696. The first-order chi connectivity index (χ1) is 9.40. The van der Waals surface area contributed by atoms with E-state index in [2.05, 4.69) is 9.71 Å². The van der Waals surface area contributed by atoms with Crippen LogP contribution >= 0.6 is 11.6 Å². The topological polar surface area (TPSA) is 96.4 Å². The number of halogens is 1. The SMILES string of the molecule is O=C(O)c1cccc(S(=O)(=O)Nc2cnccc2Cl)c1. The van der Waals surface area contributed by atoms with E-state index < -0.39 is 16.0 Å². The van der Waals surface area contributed by atoms with Gasteiger partial charge in [-0.2, -0.15) is 0 Å². The molecule has 1 aromatic carbocycles. The largest absolute Gasteiger partial charge is 0.478 e. The molecule has 0 fully saturated rings. The number of carbonyl (C=O) groups is 1. The highest BCUT2D eigenvalue weighted by atomic mass is 35.5. The summed E-state index contributed by atoms with van der Waals surface area (Å²) in [6, 6.07) is 6.45. The number of hydrogen-bond donors (Lipinski definition) is 2. The zero-order chi connectivity index (χ0) is 14.8. The molecule has 8 heteroatoms. The monoisotopic (exact) mass is 312 g/mol. The van der Waals surface area contributed by atoms with Gasteiger partial charge in [-0.05, 0) is 24.3 Å². The third kappa shape index (κ3) is 3.06. The maximum Gasteiger partial charge on any atom is 0.335 e. The predicted octanol–water partition coefficient (Wildman–Crippen LogP) is 2.23. The molecular formula is C12H9ClN2O4S. The van der Waals surface area contributed by atoms with E-state index in [0.717, 1.165) is 6.07 Å². The molecule has 6 nitrogen and oxygen atoms in total. The van der Waals surface area contributed by atoms with Gasteiger partial charge in [0.25, 0.3) is 10.0 Å². The first-order valence-corrected chi connectivity index (χ1v) is 7.22. The molecule has 1 aromatic heterocycles. The molecule has 0 unspecified atom stereocenters. The molecule has 20 heavy (non-hydrogen) atoms. The molecule has 0 aliphatic rings. The van der Waals surface area contributed by atoms with E-state index in [4.69, 9.17) is 16.7 Å². The molecule has 0 saturated carbocycles. The second-order valence-corrected chi connectivity index (χ2v) is 5.88. The van der Waals surface area contributed by atoms with Crippen LogP contribution in [0.15, 0.2) is 47.6 Å². The molecule has 2 aromatic rings. The lowest BCUT2D eigenvalue weighted by Crippen LogP contribution is -2.14. The van der Waals surface area contributed by atoms with Crippen LogP contribution in [0.5, 0.6) is 0 Å². The number of aromatic carboxylic acids is 1. The van der Waals surface area contributed by atoms with E-state index in [0.29, 0.717) is 0 Å². The summed E-state index contributed by atoms with van der Waals surface area (Å²) in [4.78, 5) is 14.4. The highest BCUT2D eigenvalue weighted by Crippen LogP contribution is 2.23. The highest BCUT2D eigenvalue weighted by Gasteiger charge is 2.17. The van der Waals surface area contributed by atoms with Crippen LogP contribution in [0.2, 0.25) is 5.02 Å². The summed E-state index contributed by atoms with van der Waals surface area (Å²) in [6.07, 6.45) is 2.69. The van der Waals surface area contributed by atoms with Crippen molar-refractivity contribution >= 4 is 33.3 Å². The molecule has 1 heterocycles. The Bertz CT molecular complexity index is 762. The minimum atomic E-state index is -3.93. The highest BCUT2D eigenvalue weighted by molar-refractivity contribution is 7.92. The van der Waals surface area contributed by atoms with Crippen LogP contribution in [-0.4, -0.2) is 24.5 Å². The van der Waals surface area contributed by atoms with Gasteiger partial charge in [0.15, 0.2) is 0 Å². The molecule has 0 amide bonds. The standard InChI is InChI=1S/C12H9ClN2O4S/c13-10-4-5-14-7-11(10)15-20(18,19)9-3-1-2-8(6-9)12(16)17/h1-7,15H,(H,16,17). The van der Waals surface area contributed by atoms with Gasteiger partial charge in [-0.3, -0.25) is 9.71 Å². The van der Waals surface area contributed by atoms with Crippen LogP contribution < -0.4 is 4.72 Å². The van der Waals surface area contributed by atoms with Crippen molar-refractivity contribution < 1.29 is 18.3 Å². The Morgan fingerprint density at radius 1 is 1.30 bits per heavy atom. The van der Waals surface area contributed by atoms with E-state index in [1.807, 2.05) is 0 Å². The molecule has 2 rings (SSSR count). The van der Waals surface area contributed by atoms with Crippen molar-refractivity contribution in [2.24, 2.45) is 0 Å². The van der Waals surface area contributed by atoms with Gasteiger partial charge in [-0.15, -0.1) is 0 Å². The van der Waals surface area contributed by atoms with Gasteiger partial charge < -0.3 is 5.11 Å². The van der Waals surface area contributed by atoms with Gasteiger partial charge in [-0.1, -0.05) is 17.7 Å². The van der Waals surface area contributed by atoms with Gasteiger partial charge in [0.05, 0.1) is 27.4 Å². The number of anilines is 1. The molecular weight excluding hydrogens is 304 g/mol. The fraction of sp³-hybridized carbons (Fsp3) is 0. The molecule has 0 bridgehead atoms. The Kier molecular flexibility index (Phi) is 3.91. The van der Waals surface area contributed by atoms with E-state index >= 15 is 0 Å². The first kappa shape index (κ1) is 14.3. The minimum absolute atomic E-state index is 0.120. The Balaban J connectivity index is 2.38. The maximum atomic E-state index is 12.1. The number of sulfonamides is 1. The molecule has 104 valence electrons. The van der Waals surface area contributed by atoms with Crippen LogP contribution in [0, 0.1) is 0 Å². The quantitative estimate of drug-likeness (QED) is 0.902. The number of carboxylic acid groups (broad SMARTS) is 1. The smallest absolute Gasteiger partial charge is 0.335 e. The van der Waals surface area contributed by atoms with Crippen LogP contribution in [-0.2, 0) is 10.0 Å². The van der Waals surface area contributed by atoms with E-state index in [-0.39, 0.29) is 21.2 Å². The number of rotatable bonds is 4. The van der Waals surface area contributed by atoms with Crippen molar-refractivity contribution in [2.75, 3.05) is 4.72 Å². The summed E-state index contributed by atoms with van der Waals surface area (Å²) in [6.45, 7) is 0. The number of carboxylic acids is 1. The Labute approximate surface area is 120 Å². The zero-order valence-corrected chi connectivity index (χ0v) is 11.5. The Hall–Kier alpha value is -2.12. The molecule has 0 radical (unpaired) electrons. The molecule has 0 spiro atoms. The number of aromatic nitrogens is 1. The Morgan fingerprint density at radius 3 is 2.70 bits per heavy atom. The Morgan fingerprint density at radius 2 is 2.05 bits per heavy atom. The number of pyridine rings is 1. The average Bonchev–Trinajstić information content (AvgIpc) is 2.41. The lowest BCUT2D eigenvalue weighted by Gasteiger charge is -2.09. The van der Waals surface area contributed by atoms with Gasteiger partial charge in [0, 0.05) is 6.20 Å². The third-order valence-electron chi connectivity index (χ3n) is 2.40. The maximum absolute atomic E-state index is 12.1. The fourth-order valence-corrected chi connectivity index (χ4v) is 2.77. The molecule has 0 saturated heterocycles. The van der Waals surface area contributed by atoms with E-state index in [9.17, 15) is 13.2 Å². The molecule has 0 atom stereocenters. The summed E-state index contributed by atoms with van der Waals surface area (Å²) in [7, 11) is -3.93. The number of nitrogens with one attached hydrogen (secondary N) is 1. The molecule has 2 N–H and O–H groups in total. The fourth-order valence-electron chi connectivity index (χ4n) is 1.45. The van der Waals surface area contributed by atoms with Crippen molar-refractivity contribution in [3.63, 3.8) is 0 Å². The van der Waals surface area contributed by atoms with Crippen LogP contribution in [0.4, 0.5) is 5.69 Å². The summed E-state index contributed by atoms with van der Waals surface area (Å²) < 4.78 is 26.5. The second-order valence-electron chi connectivity index (χ2n) is 3.79. The zero-order valence-electron chi connectivity index (χ0n) is 9.95. The van der Waals surface area contributed by atoms with Gasteiger partial charge in [0.1, 0.15) is 0 Å². The summed E-state index contributed by atoms with van der Waals surface area (Å²) in [5, 5.41) is 9.06. The molecule has 0 aliphatic heterocycles. The van der Waals surface area contributed by atoms with Crippen LogP contribution in [0.3, 0.4) is 0 Å². The van der Waals surface area contributed by atoms with Gasteiger partial charge >= 0.3 is 5.97 Å².